The minimum atomic E-state index is -0.0637. The molecule has 7 aromatic carbocycles. The first kappa shape index (κ1) is 50.5. The molecule has 0 saturated carbocycles. The highest BCUT2D eigenvalue weighted by atomic mass is 32.1. The molecule has 1 atom stereocenters. The summed E-state index contributed by atoms with van der Waals surface area (Å²) >= 11 is 2.07. The van der Waals surface area contributed by atoms with Crippen LogP contribution in [0.15, 0.2) is 133 Å². The first-order chi connectivity index (χ1) is 36.3. The van der Waals surface area contributed by atoms with Crippen LogP contribution in [-0.2, 0) is 32.5 Å². The Kier molecular flexibility index (Phi) is 11.1. The Morgan fingerprint density at radius 3 is 1.69 bits per heavy atom. The van der Waals surface area contributed by atoms with Crippen molar-refractivity contribution < 1.29 is 0 Å². The number of hydrogen-bond donors (Lipinski definition) is 0. The van der Waals surface area contributed by atoms with Gasteiger partial charge in [0.05, 0.1) is 11.4 Å². The van der Waals surface area contributed by atoms with Crippen LogP contribution >= 0.6 is 11.3 Å². The lowest BCUT2D eigenvalue weighted by Gasteiger charge is -2.46. The molecule has 8 aromatic rings. The van der Waals surface area contributed by atoms with Crippen molar-refractivity contribution in [1.29, 1.82) is 0 Å². The minimum Gasteiger partial charge on any atom is -0.311 e. The summed E-state index contributed by atoms with van der Waals surface area (Å²) in [4.78, 5) is 8.01. The molecule has 0 spiro atoms. The number of benzene rings is 7. The summed E-state index contributed by atoms with van der Waals surface area (Å²) in [6.07, 6.45) is 7.11. The second-order valence-corrected chi connectivity index (χ2v) is 29.6. The molecule has 392 valence electrons. The molecule has 1 unspecified atom stereocenters. The van der Waals surface area contributed by atoms with Crippen molar-refractivity contribution in [2.75, 3.05) is 14.7 Å². The monoisotopic (exact) mass is 1030 g/mol. The summed E-state index contributed by atoms with van der Waals surface area (Å²) in [6, 6.07) is 53.1. The molecular formula is C72H80BN3S. The quantitative estimate of drug-likeness (QED) is 0.159. The van der Waals surface area contributed by atoms with Gasteiger partial charge in [-0.25, -0.2) is 0 Å². The normalized spacial score (nSPS) is 19.9. The van der Waals surface area contributed by atoms with Crippen molar-refractivity contribution in [3.05, 3.63) is 178 Å². The Bertz CT molecular complexity index is 3680. The van der Waals surface area contributed by atoms with Gasteiger partial charge >= 0.3 is 0 Å². The van der Waals surface area contributed by atoms with Gasteiger partial charge in [-0.2, -0.15) is 0 Å². The second kappa shape index (κ2) is 17.0. The molecule has 0 saturated heterocycles. The van der Waals surface area contributed by atoms with E-state index in [0.29, 0.717) is 5.92 Å². The standard InChI is InChI=1S/C72H80BN3S/c1-44-30-31-68(6,7)54-43-63-52(41-51(44)54)65-66(77-63)73-58-29-26-46(67(3,4)5)37-60(58)76(59-42-57-55(36-45(59)2)70(10,11)34-35-72(57,14)15)62-40-50(74(47-22-18-16-19-23-47)48-24-20-17-21-25-48)39-61(64(62)73)75(65)49-27-28-53-56(38-49)71(12,13)33-32-69(53,8)9/h16-29,36-44H,30-35H2,1-15H3. The number of rotatable bonds is 5. The van der Waals surface area contributed by atoms with Crippen molar-refractivity contribution in [3.63, 3.8) is 0 Å². The summed E-state index contributed by atoms with van der Waals surface area (Å²) in [6.45, 7) is 36.8. The Balaban J connectivity index is 1.20. The van der Waals surface area contributed by atoms with Gasteiger partial charge in [-0.1, -0.05) is 158 Å². The number of aryl methyl sites for hydroxylation is 1. The average Bonchev–Trinajstić information content (AvgIpc) is 3.68. The van der Waals surface area contributed by atoms with E-state index in [2.05, 4.69) is 263 Å². The van der Waals surface area contributed by atoms with Gasteiger partial charge in [0.15, 0.2) is 0 Å². The summed E-state index contributed by atoms with van der Waals surface area (Å²) in [5, 5.41) is 1.39. The number of thiophene rings is 1. The van der Waals surface area contributed by atoms with Crippen LogP contribution in [0.1, 0.15) is 186 Å². The molecule has 5 heteroatoms. The highest BCUT2D eigenvalue weighted by molar-refractivity contribution is 7.33. The molecule has 0 radical (unpaired) electrons. The zero-order valence-corrected chi connectivity index (χ0v) is 49.7. The zero-order valence-electron chi connectivity index (χ0n) is 48.8. The summed E-state index contributed by atoms with van der Waals surface area (Å²) in [5.74, 6) is 0.493. The number of anilines is 9. The lowest BCUT2D eigenvalue weighted by atomic mass is 9.36. The number of nitrogens with zero attached hydrogens (tertiary/aromatic N) is 3. The summed E-state index contributed by atoms with van der Waals surface area (Å²) in [5.41, 5.74) is 25.9. The van der Waals surface area contributed by atoms with Crippen LogP contribution < -0.4 is 30.4 Å². The van der Waals surface area contributed by atoms with Crippen LogP contribution in [0.4, 0.5) is 51.2 Å². The van der Waals surface area contributed by atoms with Gasteiger partial charge < -0.3 is 14.7 Å². The largest absolute Gasteiger partial charge is 0.311 e. The predicted octanol–water partition coefficient (Wildman–Crippen LogP) is 18.9. The van der Waals surface area contributed by atoms with E-state index in [4.69, 9.17) is 0 Å². The van der Waals surface area contributed by atoms with E-state index >= 15 is 0 Å². The second-order valence-electron chi connectivity index (χ2n) is 28.6. The number of fused-ring (bicyclic) bond motifs is 9. The molecular weight excluding hydrogens is 950 g/mol. The van der Waals surface area contributed by atoms with Crippen LogP contribution in [-0.4, -0.2) is 6.71 Å². The molecule has 77 heavy (non-hydrogen) atoms. The van der Waals surface area contributed by atoms with Crippen LogP contribution in [0.5, 0.6) is 0 Å². The SMILES string of the molecule is Cc1cc2c(cc1N1c3cc(C(C)(C)C)ccc3B3c4sc5cc6c(cc5c4N(c4ccc5c(c4)C(C)(C)CCC5(C)C)c4cc(N(c5ccccc5)c5ccccc5)cc1c43)C(C)CCC6(C)C)C(C)(C)CCC2(C)C. The molecule has 13 rings (SSSR count). The lowest BCUT2D eigenvalue weighted by Crippen LogP contribution is -2.60. The van der Waals surface area contributed by atoms with E-state index in [1.807, 2.05) is 0 Å². The first-order valence-corrected chi connectivity index (χ1v) is 29.9. The molecule has 3 aliphatic carbocycles. The molecule has 0 bridgehead atoms. The number of hydrogen-bond acceptors (Lipinski definition) is 4. The Labute approximate surface area is 465 Å². The van der Waals surface area contributed by atoms with Crippen molar-refractivity contribution in [3.8, 4) is 0 Å². The summed E-state index contributed by atoms with van der Waals surface area (Å²) in [7, 11) is 0. The van der Waals surface area contributed by atoms with Crippen molar-refractivity contribution in [2.24, 2.45) is 0 Å². The molecule has 2 aliphatic heterocycles. The molecule has 0 fully saturated rings. The third-order valence-corrected chi connectivity index (χ3v) is 21.1. The lowest BCUT2D eigenvalue weighted by molar-refractivity contribution is 0.332. The third kappa shape index (κ3) is 7.77. The molecule has 3 nitrogen and oxygen atoms in total. The molecule has 1 aromatic heterocycles. The molecule has 3 heterocycles. The van der Waals surface area contributed by atoms with E-state index in [1.165, 1.54) is 130 Å². The van der Waals surface area contributed by atoms with Crippen molar-refractivity contribution in [1.82, 2.24) is 0 Å². The van der Waals surface area contributed by atoms with Crippen molar-refractivity contribution in [2.45, 2.75) is 181 Å². The Morgan fingerprint density at radius 1 is 0.519 bits per heavy atom. The van der Waals surface area contributed by atoms with E-state index in [0.717, 1.165) is 29.9 Å². The fourth-order valence-corrected chi connectivity index (χ4v) is 16.1. The smallest absolute Gasteiger partial charge is 0.264 e. The Morgan fingerprint density at radius 2 is 1.08 bits per heavy atom. The first-order valence-electron chi connectivity index (χ1n) is 29.1. The highest BCUT2D eigenvalue weighted by Crippen LogP contribution is 2.56. The van der Waals surface area contributed by atoms with Crippen LogP contribution in [0, 0.1) is 6.92 Å². The average molecular weight is 1030 g/mol. The topological polar surface area (TPSA) is 9.72 Å². The molecule has 0 amide bonds. The van der Waals surface area contributed by atoms with Gasteiger partial charge in [0.25, 0.3) is 6.71 Å². The van der Waals surface area contributed by atoms with Gasteiger partial charge in [0.1, 0.15) is 0 Å². The number of para-hydroxylation sites is 2. The van der Waals surface area contributed by atoms with Crippen LogP contribution in [0.3, 0.4) is 0 Å². The van der Waals surface area contributed by atoms with Crippen LogP contribution in [0.2, 0.25) is 0 Å². The maximum Gasteiger partial charge on any atom is 0.264 e. The van der Waals surface area contributed by atoms with Crippen molar-refractivity contribution >= 4 is 95.0 Å². The minimum absolute atomic E-state index is 0.00337. The Hall–Kier alpha value is -6.04. The molecule has 0 N–H and O–H groups in total. The van der Waals surface area contributed by atoms with Crippen LogP contribution in [0.25, 0.3) is 10.1 Å². The maximum absolute atomic E-state index is 2.77. The third-order valence-electron chi connectivity index (χ3n) is 19.9. The highest BCUT2D eigenvalue weighted by Gasteiger charge is 2.48. The van der Waals surface area contributed by atoms with Gasteiger partial charge in [-0.15, -0.1) is 11.3 Å². The van der Waals surface area contributed by atoms with E-state index in [-0.39, 0.29) is 39.2 Å². The fraction of sp³-hybridized carbons (Fsp3) is 0.389. The zero-order chi connectivity index (χ0) is 54.1. The van der Waals surface area contributed by atoms with E-state index in [9.17, 15) is 0 Å². The van der Waals surface area contributed by atoms with Gasteiger partial charge in [-0.05, 0) is 212 Å². The summed E-state index contributed by atoms with van der Waals surface area (Å²) < 4.78 is 2.85. The van der Waals surface area contributed by atoms with Gasteiger partial charge in [-0.3, -0.25) is 0 Å². The van der Waals surface area contributed by atoms with E-state index in [1.54, 1.807) is 0 Å². The molecule has 5 aliphatic rings. The van der Waals surface area contributed by atoms with E-state index < -0.39 is 0 Å². The van der Waals surface area contributed by atoms with Gasteiger partial charge in [0, 0.05) is 54.7 Å². The predicted molar refractivity (Wildman–Crippen MR) is 335 cm³/mol. The fourth-order valence-electron chi connectivity index (χ4n) is 14.8. The van der Waals surface area contributed by atoms with Gasteiger partial charge in [0.2, 0.25) is 0 Å². The maximum atomic E-state index is 2.77.